The summed E-state index contributed by atoms with van der Waals surface area (Å²) in [6.07, 6.45) is 2.00. The van der Waals surface area contributed by atoms with E-state index >= 15 is 0 Å². The van der Waals surface area contributed by atoms with Crippen molar-refractivity contribution in [3.63, 3.8) is 0 Å². The van der Waals surface area contributed by atoms with Gasteiger partial charge in [0.15, 0.2) is 0 Å². The number of carbonyl (C=O) groups is 1. The highest BCUT2D eigenvalue weighted by Gasteiger charge is 2.18. The number of anilines is 1. The van der Waals surface area contributed by atoms with Gasteiger partial charge in [-0.05, 0) is 25.5 Å². The number of nitrogens with zero attached hydrogens (tertiary/aromatic N) is 1. The first-order chi connectivity index (χ1) is 8.65. The number of benzene rings is 1. The van der Waals surface area contributed by atoms with E-state index in [0.29, 0.717) is 18.7 Å². The molecule has 1 amide bonds. The molecule has 0 saturated heterocycles. The van der Waals surface area contributed by atoms with Crippen LogP contribution in [0.25, 0.3) is 0 Å². The van der Waals surface area contributed by atoms with Crippen molar-refractivity contribution >= 4 is 11.6 Å². The number of hydrogen-bond acceptors (Lipinski definition) is 2. The molecule has 0 aliphatic heterocycles. The number of para-hydroxylation sites is 1. The highest BCUT2D eigenvalue weighted by Crippen LogP contribution is 2.21. The summed E-state index contributed by atoms with van der Waals surface area (Å²) < 4.78 is 13.6. The molecule has 0 aliphatic carbocycles. The maximum absolute atomic E-state index is 13.6. The Morgan fingerprint density at radius 2 is 2.11 bits per heavy atom. The molecule has 0 bridgehead atoms. The van der Waals surface area contributed by atoms with Gasteiger partial charge in [-0.1, -0.05) is 19.4 Å². The summed E-state index contributed by atoms with van der Waals surface area (Å²) in [6.45, 7) is 5.37. The standard InChI is InChI=1S/C14H21FN2O/c1-4-6-10-17(5-2)14(18)11-8-7-9-12(15)13(11)16-3/h7-9,16H,4-6,10H2,1-3H3. The molecule has 0 spiro atoms. The van der Waals surface area contributed by atoms with E-state index in [1.807, 2.05) is 6.92 Å². The SMILES string of the molecule is CCCCN(CC)C(=O)c1cccc(F)c1NC. The van der Waals surface area contributed by atoms with E-state index in [0.717, 1.165) is 12.8 Å². The van der Waals surface area contributed by atoms with E-state index in [-0.39, 0.29) is 11.6 Å². The molecule has 0 aromatic heterocycles. The summed E-state index contributed by atoms with van der Waals surface area (Å²) in [7, 11) is 1.62. The second kappa shape index (κ2) is 6.99. The summed E-state index contributed by atoms with van der Waals surface area (Å²) in [6, 6.07) is 4.58. The average molecular weight is 252 g/mol. The van der Waals surface area contributed by atoms with E-state index in [2.05, 4.69) is 12.2 Å². The molecule has 0 aliphatic rings. The Balaban J connectivity index is 2.97. The summed E-state index contributed by atoms with van der Waals surface area (Å²) in [4.78, 5) is 14.1. The van der Waals surface area contributed by atoms with Gasteiger partial charge in [-0.25, -0.2) is 4.39 Å². The van der Waals surface area contributed by atoms with E-state index < -0.39 is 5.82 Å². The average Bonchev–Trinajstić information content (AvgIpc) is 2.39. The third-order valence-electron chi connectivity index (χ3n) is 2.94. The lowest BCUT2D eigenvalue weighted by Gasteiger charge is -2.22. The van der Waals surface area contributed by atoms with Crippen molar-refractivity contribution in [3.8, 4) is 0 Å². The molecule has 0 fully saturated rings. The summed E-state index contributed by atoms with van der Waals surface area (Å²) in [5, 5.41) is 2.76. The van der Waals surface area contributed by atoms with Crippen molar-refractivity contribution in [1.82, 2.24) is 4.90 Å². The van der Waals surface area contributed by atoms with Gasteiger partial charge < -0.3 is 10.2 Å². The first-order valence-electron chi connectivity index (χ1n) is 6.41. The molecule has 1 rings (SSSR count). The van der Waals surface area contributed by atoms with Gasteiger partial charge >= 0.3 is 0 Å². The van der Waals surface area contributed by atoms with Crippen LogP contribution in [0.15, 0.2) is 18.2 Å². The summed E-state index contributed by atoms with van der Waals surface area (Å²) in [5.74, 6) is -0.510. The Morgan fingerprint density at radius 3 is 2.67 bits per heavy atom. The highest BCUT2D eigenvalue weighted by molar-refractivity contribution is 5.99. The molecule has 18 heavy (non-hydrogen) atoms. The quantitative estimate of drug-likeness (QED) is 0.843. The van der Waals surface area contributed by atoms with Crippen molar-refractivity contribution in [3.05, 3.63) is 29.6 Å². The lowest BCUT2D eigenvalue weighted by molar-refractivity contribution is 0.0763. The minimum absolute atomic E-state index is 0.116. The summed E-state index contributed by atoms with van der Waals surface area (Å²) in [5.41, 5.74) is 0.674. The largest absolute Gasteiger partial charge is 0.385 e. The molecule has 1 N–H and O–H groups in total. The Kier molecular flexibility index (Phi) is 5.62. The van der Waals surface area contributed by atoms with Crippen LogP contribution < -0.4 is 5.32 Å². The van der Waals surface area contributed by atoms with Gasteiger partial charge in [-0.2, -0.15) is 0 Å². The third kappa shape index (κ3) is 3.22. The first-order valence-corrected chi connectivity index (χ1v) is 6.41. The smallest absolute Gasteiger partial charge is 0.256 e. The molecule has 100 valence electrons. The van der Waals surface area contributed by atoms with Crippen molar-refractivity contribution in [2.24, 2.45) is 0 Å². The Hall–Kier alpha value is -1.58. The highest BCUT2D eigenvalue weighted by atomic mass is 19.1. The molecule has 0 saturated carbocycles. The fourth-order valence-electron chi connectivity index (χ4n) is 1.88. The zero-order valence-electron chi connectivity index (χ0n) is 11.3. The van der Waals surface area contributed by atoms with Gasteiger partial charge in [0.1, 0.15) is 5.82 Å². The second-order valence-corrected chi connectivity index (χ2v) is 4.15. The minimum atomic E-state index is -0.394. The monoisotopic (exact) mass is 252 g/mol. The minimum Gasteiger partial charge on any atom is -0.385 e. The predicted octanol–water partition coefficient (Wildman–Crippen LogP) is 3.13. The molecule has 0 radical (unpaired) electrons. The van der Waals surface area contributed by atoms with Crippen LogP contribution >= 0.6 is 0 Å². The van der Waals surface area contributed by atoms with Gasteiger partial charge in [0, 0.05) is 20.1 Å². The lowest BCUT2D eigenvalue weighted by atomic mass is 10.1. The van der Waals surface area contributed by atoms with Crippen LogP contribution in [0.1, 0.15) is 37.0 Å². The fraction of sp³-hybridized carbons (Fsp3) is 0.500. The zero-order valence-corrected chi connectivity index (χ0v) is 11.3. The first kappa shape index (κ1) is 14.5. The molecular weight excluding hydrogens is 231 g/mol. The molecule has 0 unspecified atom stereocenters. The summed E-state index contributed by atoms with van der Waals surface area (Å²) >= 11 is 0. The van der Waals surface area contributed by atoms with E-state index in [4.69, 9.17) is 0 Å². The van der Waals surface area contributed by atoms with Crippen LogP contribution in [-0.2, 0) is 0 Å². The molecule has 1 aromatic rings. The lowest BCUT2D eigenvalue weighted by Crippen LogP contribution is -2.32. The zero-order chi connectivity index (χ0) is 13.5. The van der Waals surface area contributed by atoms with Gasteiger partial charge in [0.05, 0.1) is 11.3 Å². The maximum Gasteiger partial charge on any atom is 0.256 e. The van der Waals surface area contributed by atoms with Crippen molar-refractivity contribution in [2.45, 2.75) is 26.7 Å². The fourth-order valence-corrected chi connectivity index (χ4v) is 1.88. The topological polar surface area (TPSA) is 32.3 Å². The Morgan fingerprint density at radius 1 is 1.39 bits per heavy atom. The van der Waals surface area contributed by atoms with E-state index in [9.17, 15) is 9.18 Å². The van der Waals surface area contributed by atoms with E-state index in [1.54, 1.807) is 24.1 Å². The van der Waals surface area contributed by atoms with Crippen molar-refractivity contribution in [1.29, 1.82) is 0 Å². The number of rotatable bonds is 6. The second-order valence-electron chi connectivity index (χ2n) is 4.15. The molecule has 0 heterocycles. The molecule has 3 nitrogen and oxygen atoms in total. The van der Waals surface area contributed by atoms with E-state index in [1.165, 1.54) is 6.07 Å². The normalized spacial score (nSPS) is 10.2. The number of amides is 1. The van der Waals surface area contributed by atoms with Crippen LogP contribution in [0.3, 0.4) is 0 Å². The third-order valence-corrected chi connectivity index (χ3v) is 2.94. The Labute approximate surface area is 108 Å². The predicted molar refractivity (Wildman–Crippen MR) is 72.4 cm³/mol. The van der Waals surface area contributed by atoms with Crippen LogP contribution in [-0.4, -0.2) is 30.9 Å². The number of carbonyl (C=O) groups excluding carboxylic acids is 1. The van der Waals surface area contributed by atoms with Crippen LogP contribution in [0.5, 0.6) is 0 Å². The maximum atomic E-state index is 13.6. The van der Waals surface area contributed by atoms with Crippen LogP contribution in [0, 0.1) is 5.82 Å². The Bertz CT molecular complexity index is 407. The van der Waals surface area contributed by atoms with Gasteiger partial charge in [0.25, 0.3) is 5.91 Å². The van der Waals surface area contributed by atoms with Gasteiger partial charge in [-0.15, -0.1) is 0 Å². The van der Waals surface area contributed by atoms with Crippen LogP contribution in [0.4, 0.5) is 10.1 Å². The number of unbranched alkanes of at least 4 members (excludes halogenated alkanes) is 1. The number of halogens is 1. The molecular formula is C14H21FN2O. The van der Waals surface area contributed by atoms with Gasteiger partial charge in [0.2, 0.25) is 0 Å². The molecule has 0 atom stereocenters. The molecule has 1 aromatic carbocycles. The van der Waals surface area contributed by atoms with Crippen molar-refractivity contribution in [2.75, 3.05) is 25.5 Å². The number of hydrogen-bond donors (Lipinski definition) is 1. The van der Waals surface area contributed by atoms with Crippen LogP contribution in [0.2, 0.25) is 0 Å². The molecule has 4 heteroatoms. The van der Waals surface area contributed by atoms with Crippen molar-refractivity contribution < 1.29 is 9.18 Å². The number of nitrogens with one attached hydrogen (secondary N) is 1. The van der Waals surface area contributed by atoms with Gasteiger partial charge in [-0.3, -0.25) is 4.79 Å².